The number of H-pyrrole nitrogens is 1. The number of ketones is 1. The van der Waals surface area contributed by atoms with Gasteiger partial charge in [-0.05, 0) is 48.2 Å². The Kier molecular flexibility index (Phi) is 5.84. The summed E-state index contributed by atoms with van der Waals surface area (Å²) < 4.78 is 5.86. The highest BCUT2D eigenvalue weighted by Crippen LogP contribution is 2.24. The van der Waals surface area contributed by atoms with E-state index in [1.165, 1.54) is 5.56 Å². The Labute approximate surface area is 154 Å². The van der Waals surface area contributed by atoms with E-state index < -0.39 is 0 Å². The molecule has 0 aliphatic heterocycles. The van der Waals surface area contributed by atoms with Crippen LogP contribution in [0.3, 0.4) is 0 Å². The van der Waals surface area contributed by atoms with Gasteiger partial charge < -0.3 is 4.74 Å². The van der Waals surface area contributed by atoms with Crippen LogP contribution in [0.5, 0.6) is 5.75 Å². The summed E-state index contributed by atoms with van der Waals surface area (Å²) >= 11 is 0. The molecular formula is C22H24N2O2. The highest BCUT2D eigenvalue weighted by molar-refractivity contribution is 5.96. The van der Waals surface area contributed by atoms with Crippen molar-refractivity contribution < 1.29 is 9.53 Å². The number of aryl methyl sites for hydroxylation is 1. The van der Waals surface area contributed by atoms with Crippen molar-refractivity contribution in [2.24, 2.45) is 0 Å². The number of nitrogens with zero attached hydrogens (tertiary/aromatic N) is 1. The molecule has 0 unspecified atom stereocenters. The highest BCUT2D eigenvalue weighted by atomic mass is 16.5. The first-order chi connectivity index (χ1) is 12.7. The second-order valence-corrected chi connectivity index (χ2v) is 6.28. The number of benzene rings is 2. The van der Waals surface area contributed by atoms with E-state index >= 15 is 0 Å². The summed E-state index contributed by atoms with van der Waals surface area (Å²) in [4.78, 5) is 11.9. The summed E-state index contributed by atoms with van der Waals surface area (Å²) in [7, 11) is 0. The molecule has 1 aromatic heterocycles. The van der Waals surface area contributed by atoms with Crippen molar-refractivity contribution in [2.45, 2.75) is 39.7 Å². The molecule has 0 amide bonds. The molecule has 2 aromatic carbocycles. The molecule has 0 radical (unpaired) electrons. The van der Waals surface area contributed by atoms with Gasteiger partial charge in [0.15, 0.2) is 5.78 Å². The number of rotatable bonds is 8. The minimum absolute atomic E-state index is 0.171. The Morgan fingerprint density at radius 3 is 2.42 bits per heavy atom. The second-order valence-electron chi connectivity index (χ2n) is 6.28. The number of hydrogen-bond donors (Lipinski definition) is 1. The van der Waals surface area contributed by atoms with Crippen molar-refractivity contribution in [1.82, 2.24) is 10.2 Å². The van der Waals surface area contributed by atoms with E-state index in [9.17, 15) is 4.79 Å². The van der Waals surface area contributed by atoms with Gasteiger partial charge in [0.05, 0.1) is 0 Å². The Morgan fingerprint density at radius 1 is 1.04 bits per heavy atom. The molecule has 0 spiro atoms. The summed E-state index contributed by atoms with van der Waals surface area (Å²) in [6.45, 7) is 4.52. The maximum atomic E-state index is 11.9. The van der Waals surface area contributed by atoms with Gasteiger partial charge in [0, 0.05) is 23.7 Å². The predicted molar refractivity (Wildman–Crippen MR) is 103 cm³/mol. The van der Waals surface area contributed by atoms with Gasteiger partial charge in [-0.15, -0.1) is 0 Å². The van der Waals surface area contributed by atoms with Crippen molar-refractivity contribution >= 4 is 5.78 Å². The van der Waals surface area contributed by atoms with Crippen LogP contribution in [-0.4, -0.2) is 16.0 Å². The summed E-state index contributed by atoms with van der Waals surface area (Å²) in [5, 5.41) is 7.24. The minimum atomic E-state index is 0.171. The van der Waals surface area contributed by atoms with Crippen LogP contribution in [0.25, 0.3) is 11.1 Å². The fourth-order valence-corrected chi connectivity index (χ4v) is 2.86. The molecule has 0 aliphatic rings. The highest BCUT2D eigenvalue weighted by Gasteiger charge is 2.10. The van der Waals surface area contributed by atoms with Crippen LogP contribution in [0.4, 0.5) is 0 Å². The molecule has 26 heavy (non-hydrogen) atoms. The van der Waals surface area contributed by atoms with Crippen LogP contribution < -0.4 is 4.74 Å². The molecule has 3 aromatic rings. The van der Waals surface area contributed by atoms with Crippen molar-refractivity contribution in [3.05, 3.63) is 71.5 Å². The van der Waals surface area contributed by atoms with E-state index in [-0.39, 0.29) is 5.78 Å². The number of aromatic amines is 1. The predicted octanol–water partition coefficient (Wildman–Crippen LogP) is 5.20. The number of hydrogen-bond acceptors (Lipinski definition) is 3. The average molecular weight is 348 g/mol. The maximum Gasteiger partial charge on any atom is 0.162 e. The second kappa shape index (κ2) is 8.48. The molecule has 4 heteroatoms. The van der Waals surface area contributed by atoms with Crippen molar-refractivity contribution in [3.8, 4) is 16.9 Å². The zero-order chi connectivity index (χ0) is 18.4. The Bertz CT molecular complexity index is 849. The summed E-state index contributed by atoms with van der Waals surface area (Å²) in [6, 6.07) is 15.8. The smallest absolute Gasteiger partial charge is 0.162 e. The fraction of sp³-hybridized carbons (Fsp3) is 0.273. The average Bonchev–Trinajstić information content (AvgIpc) is 3.15. The normalized spacial score (nSPS) is 10.7. The Balaban J connectivity index is 1.67. The SMILES string of the molecule is CCCC(=O)c1ccc(OCc2n[nH]cc2-c2ccc(CC)cc2)cc1. The van der Waals surface area contributed by atoms with E-state index in [2.05, 4.69) is 41.4 Å². The van der Waals surface area contributed by atoms with E-state index in [1.807, 2.05) is 37.4 Å². The molecule has 4 nitrogen and oxygen atoms in total. The molecule has 0 fully saturated rings. The van der Waals surface area contributed by atoms with Gasteiger partial charge in [-0.3, -0.25) is 9.89 Å². The summed E-state index contributed by atoms with van der Waals surface area (Å²) in [6.07, 6.45) is 4.36. The molecule has 3 rings (SSSR count). The molecule has 0 saturated carbocycles. The number of carbonyl (C=O) groups excluding carboxylic acids is 1. The van der Waals surface area contributed by atoms with Crippen LogP contribution in [-0.2, 0) is 13.0 Å². The number of carbonyl (C=O) groups is 1. The third-order valence-corrected chi connectivity index (χ3v) is 4.42. The first kappa shape index (κ1) is 17.9. The molecule has 1 heterocycles. The molecule has 0 aliphatic carbocycles. The van der Waals surface area contributed by atoms with Crippen molar-refractivity contribution in [2.75, 3.05) is 0 Å². The number of ether oxygens (including phenoxy) is 1. The number of aromatic nitrogens is 2. The van der Waals surface area contributed by atoms with E-state index in [0.717, 1.165) is 41.0 Å². The number of nitrogens with one attached hydrogen (secondary N) is 1. The summed E-state index contributed by atoms with van der Waals surface area (Å²) in [5.74, 6) is 0.900. The fourth-order valence-electron chi connectivity index (χ4n) is 2.86. The molecule has 134 valence electrons. The van der Waals surface area contributed by atoms with Crippen LogP contribution in [0.15, 0.2) is 54.7 Å². The Hall–Kier alpha value is -2.88. The van der Waals surface area contributed by atoms with Crippen LogP contribution in [0.2, 0.25) is 0 Å². The third kappa shape index (κ3) is 4.20. The van der Waals surface area contributed by atoms with Gasteiger partial charge in [0.1, 0.15) is 18.1 Å². The van der Waals surface area contributed by atoms with Gasteiger partial charge in [0.2, 0.25) is 0 Å². The van der Waals surface area contributed by atoms with Crippen LogP contribution >= 0.6 is 0 Å². The lowest BCUT2D eigenvalue weighted by Crippen LogP contribution is -2.00. The first-order valence-electron chi connectivity index (χ1n) is 9.09. The molecule has 0 saturated heterocycles. The maximum absolute atomic E-state index is 11.9. The van der Waals surface area contributed by atoms with Gasteiger partial charge in [-0.25, -0.2) is 0 Å². The topological polar surface area (TPSA) is 55.0 Å². The lowest BCUT2D eigenvalue weighted by molar-refractivity contribution is 0.0981. The molecule has 0 bridgehead atoms. The zero-order valence-electron chi connectivity index (χ0n) is 15.3. The summed E-state index contributed by atoms with van der Waals surface area (Å²) in [5.41, 5.74) is 5.07. The van der Waals surface area contributed by atoms with Crippen LogP contribution in [0.1, 0.15) is 48.3 Å². The third-order valence-electron chi connectivity index (χ3n) is 4.42. The Morgan fingerprint density at radius 2 is 1.77 bits per heavy atom. The van der Waals surface area contributed by atoms with E-state index in [4.69, 9.17) is 4.74 Å². The van der Waals surface area contributed by atoms with Crippen LogP contribution in [0, 0.1) is 0 Å². The van der Waals surface area contributed by atoms with Crippen molar-refractivity contribution in [1.29, 1.82) is 0 Å². The lowest BCUT2D eigenvalue weighted by atomic mass is 10.0. The molecular weight excluding hydrogens is 324 g/mol. The van der Waals surface area contributed by atoms with Gasteiger partial charge >= 0.3 is 0 Å². The zero-order valence-corrected chi connectivity index (χ0v) is 15.3. The van der Waals surface area contributed by atoms with Gasteiger partial charge in [-0.2, -0.15) is 5.10 Å². The van der Waals surface area contributed by atoms with Gasteiger partial charge in [0.25, 0.3) is 0 Å². The quantitative estimate of drug-likeness (QED) is 0.569. The first-order valence-corrected chi connectivity index (χ1v) is 9.09. The van der Waals surface area contributed by atoms with Gasteiger partial charge in [-0.1, -0.05) is 38.1 Å². The lowest BCUT2D eigenvalue weighted by Gasteiger charge is -2.08. The molecule has 1 N–H and O–H groups in total. The van der Waals surface area contributed by atoms with Crippen molar-refractivity contribution in [3.63, 3.8) is 0 Å². The minimum Gasteiger partial charge on any atom is -0.487 e. The largest absolute Gasteiger partial charge is 0.487 e. The standard InChI is InChI=1S/C22H24N2O2/c1-3-5-22(25)18-10-12-19(13-11-18)26-15-21-20(14-23-24-21)17-8-6-16(4-2)7-9-17/h6-14H,3-5,15H2,1-2H3,(H,23,24). The molecule has 0 atom stereocenters. The van der Waals surface area contributed by atoms with E-state index in [0.29, 0.717) is 13.0 Å². The number of Topliss-reactive ketones (excluding diaryl/α,β-unsaturated/α-hetero) is 1. The van der Waals surface area contributed by atoms with E-state index in [1.54, 1.807) is 0 Å². The monoisotopic (exact) mass is 348 g/mol.